The largest absolute Gasteiger partial charge is 0.505 e. The van der Waals surface area contributed by atoms with E-state index in [1.54, 1.807) is 18.2 Å². The molecule has 0 spiro atoms. The molecule has 1 aliphatic heterocycles. The van der Waals surface area contributed by atoms with Crippen LogP contribution in [0.3, 0.4) is 0 Å². The molecule has 6 nitrogen and oxygen atoms in total. The molecular formula is C19H14Cl2N2O4S. The van der Waals surface area contributed by atoms with E-state index in [2.05, 4.69) is 4.99 Å². The number of likely N-dealkylation sites (N-methyl/N-ethyl adjacent to an activating group) is 1. The summed E-state index contributed by atoms with van der Waals surface area (Å²) in [6.45, 7) is 2.22. The van der Waals surface area contributed by atoms with Crippen LogP contribution in [0, 0.1) is 0 Å². The van der Waals surface area contributed by atoms with Crippen LogP contribution in [0.4, 0.5) is 5.69 Å². The number of aliphatic imine (C=N–C) groups is 1. The minimum absolute atomic E-state index is 0.0847. The third-order valence-electron chi connectivity index (χ3n) is 3.86. The normalized spacial score (nSPS) is 17.0. The number of aromatic hydroxyl groups is 1. The molecule has 1 aliphatic rings. The summed E-state index contributed by atoms with van der Waals surface area (Å²) in [7, 11) is 0. The number of hydrogen-bond acceptors (Lipinski definition) is 5. The SMILES string of the molecule is CCN1C(=O)C(=Cc2cc(Cl)c(O)c(Cl)c2)SC1=Nc1cccc(C(=O)O)c1. The summed E-state index contributed by atoms with van der Waals surface area (Å²) in [5.74, 6) is -1.50. The summed E-state index contributed by atoms with van der Waals surface area (Å²) in [6, 6.07) is 9.18. The number of thioether (sulfide) groups is 1. The summed E-state index contributed by atoms with van der Waals surface area (Å²) < 4.78 is 0. The third kappa shape index (κ3) is 4.16. The molecule has 0 aliphatic carbocycles. The number of halogens is 2. The van der Waals surface area contributed by atoms with E-state index in [1.807, 2.05) is 6.92 Å². The van der Waals surface area contributed by atoms with Gasteiger partial charge in [0.15, 0.2) is 10.9 Å². The van der Waals surface area contributed by atoms with Gasteiger partial charge in [-0.1, -0.05) is 29.3 Å². The van der Waals surface area contributed by atoms with Crippen molar-refractivity contribution in [2.45, 2.75) is 6.92 Å². The second-order valence-electron chi connectivity index (χ2n) is 5.74. The molecule has 0 unspecified atom stereocenters. The first kappa shape index (κ1) is 20.3. The van der Waals surface area contributed by atoms with Crippen LogP contribution in [0.5, 0.6) is 5.75 Å². The van der Waals surface area contributed by atoms with Gasteiger partial charge in [0, 0.05) is 6.54 Å². The Morgan fingerprint density at radius 2 is 1.93 bits per heavy atom. The molecule has 2 aromatic carbocycles. The van der Waals surface area contributed by atoms with Crippen molar-refractivity contribution in [1.29, 1.82) is 0 Å². The molecular weight excluding hydrogens is 423 g/mol. The number of phenolic OH excluding ortho intramolecular Hbond substituents is 1. The maximum atomic E-state index is 12.7. The second-order valence-corrected chi connectivity index (χ2v) is 7.57. The topological polar surface area (TPSA) is 90.2 Å². The highest BCUT2D eigenvalue weighted by Gasteiger charge is 2.32. The van der Waals surface area contributed by atoms with Crippen LogP contribution in [-0.2, 0) is 4.79 Å². The van der Waals surface area contributed by atoms with Gasteiger partial charge in [0.1, 0.15) is 0 Å². The van der Waals surface area contributed by atoms with Crippen molar-refractivity contribution >= 4 is 63.8 Å². The Morgan fingerprint density at radius 1 is 1.25 bits per heavy atom. The molecule has 2 aromatic rings. The monoisotopic (exact) mass is 436 g/mol. The predicted octanol–water partition coefficient (Wildman–Crippen LogP) is 5.02. The van der Waals surface area contributed by atoms with Gasteiger partial charge >= 0.3 is 5.97 Å². The molecule has 1 saturated heterocycles. The molecule has 9 heteroatoms. The molecule has 1 fully saturated rings. The van der Waals surface area contributed by atoms with Crippen molar-refractivity contribution in [1.82, 2.24) is 4.90 Å². The lowest BCUT2D eigenvalue weighted by Gasteiger charge is -2.12. The third-order valence-corrected chi connectivity index (χ3v) is 5.44. The van der Waals surface area contributed by atoms with E-state index in [0.29, 0.717) is 27.9 Å². The number of carboxylic acid groups (broad SMARTS) is 1. The van der Waals surface area contributed by atoms with Gasteiger partial charge in [-0.25, -0.2) is 9.79 Å². The summed E-state index contributed by atoms with van der Waals surface area (Å²) >= 11 is 13.0. The standard InChI is InChI=1S/C19H14Cl2N2O4S/c1-2-23-17(25)15(8-10-6-13(20)16(24)14(21)7-10)28-19(23)22-12-5-3-4-11(9-12)18(26)27/h3-9,24H,2H2,1H3,(H,26,27). The lowest BCUT2D eigenvalue weighted by molar-refractivity contribution is -0.122. The highest BCUT2D eigenvalue weighted by Crippen LogP contribution is 2.37. The van der Waals surface area contributed by atoms with E-state index in [0.717, 1.165) is 11.8 Å². The minimum atomic E-state index is -1.05. The van der Waals surface area contributed by atoms with Gasteiger partial charge in [0.2, 0.25) is 0 Å². The van der Waals surface area contributed by atoms with Crippen LogP contribution < -0.4 is 0 Å². The zero-order chi connectivity index (χ0) is 20.4. The molecule has 0 saturated carbocycles. The van der Waals surface area contributed by atoms with E-state index < -0.39 is 5.97 Å². The number of amidine groups is 1. The molecule has 28 heavy (non-hydrogen) atoms. The van der Waals surface area contributed by atoms with Crippen LogP contribution >= 0.6 is 35.0 Å². The number of rotatable bonds is 4. The number of carboxylic acids is 1. The highest BCUT2D eigenvalue weighted by molar-refractivity contribution is 8.18. The highest BCUT2D eigenvalue weighted by atomic mass is 35.5. The molecule has 0 bridgehead atoms. The van der Waals surface area contributed by atoms with Crippen molar-refractivity contribution in [2.75, 3.05) is 6.54 Å². The molecule has 2 N–H and O–H groups in total. The average Bonchev–Trinajstić information content (AvgIpc) is 2.94. The fourth-order valence-corrected chi connectivity index (χ4v) is 4.08. The molecule has 0 atom stereocenters. The van der Waals surface area contributed by atoms with Gasteiger partial charge in [-0.3, -0.25) is 9.69 Å². The van der Waals surface area contributed by atoms with E-state index in [4.69, 9.17) is 28.3 Å². The number of benzene rings is 2. The number of aromatic carboxylic acids is 1. The number of carbonyl (C=O) groups is 2. The molecule has 1 amide bonds. The second kappa shape index (κ2) is 8.26. The van der Waals surface area contributed by atoms with Gasteiger partial charge in [0.25, 0.3) is 5.91 Å². The Labute approximate surface area is 175 Å². The molecule has 3 rings (SSSR count). The number of amides is 1. The fraction of sp³-hybridized carbons (Fsp3) is 0.105. The van der Waals surface area contributed by atoms with Crippen LogP contribution in [0.25, 0.3) is 6.08 Å². The van der Waals surface area contributed by atoms with Gasteiger partial charge in [-0.05, 0) is 60.7 Å². The van der Waals surface area contributed by atoms with E-state index in [9.17, 15) is 14.7 Å². The van der Waals surface area contributed by atoms with E-state index in [-0.39, 0.29) is 27.3 Å². The van der Waals surface area contributed by atoms with Crippen molar-refractivity contribution < 1.29 is 19.8 Å². The molecule has 0 radical (unpaired) electrons. The first-order chi connectivity index (χ1) is 13.3. The summed E-state index contributed by atoms with van der Waals surface area (Å²) in [5.41, 5.74) is 1.11. The molecule has 144 valence electrons. The van der Waals surface area contributed by atoms with E-state index in [1.165, 1.54) is 29.2 Å². The summed E-state index contributed by atoms with van der Waals surface area (Å²) in [6.07, 6.45) is 1.61. The number of hydrogen-bond donors (Lipinski definition) is 2. The molecule has 1 heterocycles. The van der Waals surface area contributed by atoms with Crippen LogP contribution in [0.2, 0.25) is 10.0 Å². The minimum Gasteiger partial charge on any atom is -0.505 e. The summed E-state index contributed by atoms with van der Waals surface area (Å²) in [5, 5.41) is 19.4. The Morgan fingerprint density at radius 3 is 2.54 bits per heavy atom. The van der Waals surface area contributed by atoms with Crippen LogP contribution in [0.1, 0.15) is 22.8 Å². The lowest BCUT2D eigenvalue weighted by atomic mass is 10.2. The Hall–Kier alpha value is -2.48. The number of nitrogens with zero attached hydrogens (tertiary/aromatic N) is 2. The smallest absolute Gasteiger partial charge is 0.335 e. The first-order valence-electron chi connectivity index (χ1n) is 8.11. The Kier molecular flexibility index (Phi) is 5.98. The van der Waals surface area contributed by atoms with Gasteiger partial charge in [-0.15, -0.1) is 0 Å². The van der Waals surface area contributed by atoms with Gasteiger partial charge in [0.05, 0.1) is 26.2 Å². The number of carbonyl (C=O) groups excluding carboxylic acids is 1. The van der Waals surface area contributed by atoms with Crippen molar-refractivity contribution in [3.8, 4) is 5.75 Å². The van der Waals surface area contributed by atoms with E-state index >= 15 is 0 Å². The first-order valence-corrected chi connectivity index (χ1v) is 9.69. The van der Waals surface area contributed by atoms with Crippen molar-refractivity contribution in [3.63, 3.8) is 0 Å². The predicted molar refractivity (Wildman–Crippen MR) is 112 cm³/mol. The van der Waals surface area contributed by atoms with Gasteiger partial charge < -0.3 is 10.2 Å². The Bertz CT molecular complexity index is 1010. The van der Waals surface area contributed by atoms with Crippen LogP contribution in [0.15, 0.2) is 46.3 Å². The number of phenols is 1. The quantitative estimate of drug-likeness (QED) is 0.656. The fourth-order valence-electron chi connectivity index (χ4n) is 2.51. The lowest BCUT2D eigenvalue weighted by Crippen LogP contribution is -2.28. The maximum absolute atomic E-state index is 12.7. The Balaban J connectivity index is 1.97. The van der Waals surface area contributed by atoms with Crippen molar-refractivity contribution in [3.05, 3.63) is 62.5 Å². The zero-order valence-corrected chi connectivity index (χ0v) is 16.8. The average molecular weight is 437 g/mol. The van der Waals surface area contributed by atoms with Gasteiger partial charge in [-0.2, -0.15) is 0 Å². The molecule has 0 aromatic heterocycles. The van der Waals surface area contributed by atoms with Crippen molar-refractivity contribution in [2.24, 2.45) is 4.99 Å². The zero-order valence-electron chi connectivity index (χ0n) is 14.5. The maximum Gasteiger partial charge on any atom is 0.335 e. The summed E-state index contributed by atoms with van der Waals surface area (Å²) in [4.78, 5) is 30.2. The van der Waals surface area contributed by atoms with Crippen LogP contribution in [-0.4, -0.2) is 38.7 Å².